The third-order valence-corrected chi connectivity index (χ3v) is 3.78. The lowest BCUT2D eigenvalue weighted by Crippen LogP contribution is -2.32. The summed E-state index contributed by atoms with van der Waals surface area (Å²) in [4.78, 5) is 17.6. The zero-order valence-corrected chi connectivity index (χ0v) is 12.2. The molecule has 1 N–H and O–H groups in total. The molecule has 1 aromatic heterocycles. The summed E-state index contributed by atoms with van der Waals surface area (Å²) >= 11 is 1.36. The van der Waals surface area contributed by atoms with Gasteiger partial charge in [-0.2, -0.15) is 0 Å². The third-order valence-electron chi connectivity index (χ3n) is 3.09. The molecule has 0 aliphatic carbocycles. The number of aromatic nitrogens is 1. The second kappa shape index (κ2) is 6.58. The van der Waals surface area contributed by atoms with Crippen molar-refractivity contribution < 1.29 is 9.18 Å². The Labute approximate surface area is 121 Å². The molecule has 4 nitrogen and oxygen atoms in total. The van der Waals surface area contributed by atoms with E-state index in [0.29, 0.717) is 10.7 Å². The molecule has 106 valence electrons. The van der Waals surface area contributed by atoms with E-state index in [2.05, 4.69) is 10.3 Å². The van der Waals surface area contributed by atoms with Gasteiger partial charge >= 0.3 is 0 Å². The molecule has 2 rings (SSSR count). The summed E-state index contributed by atoms with van der Waals surface area (Å²) in [6.45, 7) is 2.05. The fourth-order valence-corrected chi connectivity index (χ4v) is 2.40. The molecule has 0 bridgehead atoms. The van der Waals surface area contributed by atoms with E-state index in [1.807, 2.05) is 6.92 Å². The minimum Gasteiger partial charge on any atom is -0.301 e. The topological polar surface area (TPSA) is 45.2 Å². The molecule has 6 heteroatoms. The Morgan fingerprint density at radius 3 is 2.90 bits per heavy atom. The van der Waals surface area contributed by atoms with Crippen molar-refractivity contribution in [3.63, 3.8) is 0 Å². The van der Waals surface area contributed by atoms with E-state index < -0.39 is 0 Å². The highest BCUT2D eigenvalue weighted by atomic mass is 32.1. The number of halogens is 1. The fraction of sp³-hybridized carbons (Fsp3) is 0.286. The first-order valence-electron chi connectivity index (χ1n) is 6.22. The van der Waals surface area contributed by atoms with Gasteiger partial charge in [0.05, 0.1) is 6.54 Å². The van der Waals surface area contributed by atoms with E-state index >= 15 is 0 Å². The van der Waals surface area contributed by atoms with Gasteiger partial charge in [0.25, 0.3) is 0 Å². The smallest absolute Gasteiger partial charge is 0.240 e. The van der Waals surface area contributed by atoms with Gasteiger partial charge in [-0.1, -0.05) is 18.2 Å². The van der Waals surface area contributed by atoms with Gasteiger partial charge in [0.1, 0.15) is 5.82 Å². The van der Waals surface area contributed by atoms with Crippen molar-refractivity contribution in [1.82, 2.24) is 9.88 Å². The number of anilines is 1. The van der Waals surface area contributed by atoms with E-state index in [4.69, 9.17) is 0 Å². The summed E-state index contributed by atoms with van der Waals surface area (Å²) in [5, 5.41) is 5.07. The molecule has 1 atom stereocenters. The molecule has 20 heavy (non-hydrogen) atoms. The lowest BCUT2D eigenvalue weighted by Gasteiger charge is -2.24. The molecule has 0 aliphatic heterocycles. The van der Waals surface area contributed by atoms with E-state index in [0.717, 1.165) is 0 Å². The van der Waals surface area contributed by atoms with Gasteiger partial charge in [0, 0.05) is 23.2 Å². The van der Waals surface area contributed by atoms with Gasteiger partial charge in [-0.25, -0.2) is 9.37 Å². The second-order valence-electron chi connectivity index (χ2n) is 4.50. The van der Waals surface area contributed by atoms with Crippen LogP contribution in [-0.2, 0) is 4.79 Å². The van der Waals surface area contributed by atoms with Crippen LogP contribution in [-0.4, -0.2) is 29.4 Å². The molecule has 1 unspecified atom stereocenters. The zero-order valence-electron chi connectivity index (χ0n) is 11.3. The van der Waals surface area contributed by atoms with E-state index in [1.165, 1.54) is 17.4 Å². The maximum absolute atomic E-state index is 13.7. The molecule has 0 saturated heterocycles. The number of nitrogens with zero attached hydrogens (tertiary/aromatic N) is 2. The van der Waals surface area contributed by atoms with Crippen LogP contribution >= 0.6 is 11.3 Å². The Kier molecular flexibility index (Phi) is 4.81. The number of carbonyl (C=O) groups is 1. The fourth-order valence-electron chi connectivity index (χ4n) is 1.86. The van der Waals surface area contributed by atoms with Crippen LogP contribution in [0, 0.1) is 5.82 Å². The van der Waals surface area contributed by atoms with Gasteiger partial charge in [-0.15, -0.1) is 11.3 Å². The number of nitrogens with one attached hydrogen (secondary N) is 1. The predicted octanol–water partition coefficient (Wildman–Crippen LogP) is 2.91. The molecular weight excluding hydrogens is 277 g/mol. The van der Waals surface area contributed by atoms with Gasteiger partial charge in [-0.05, 0) is 20.0 Å². The standard InChI is InChI=1S/C14H16FN3OS/c1-10(11-5-3-4-6-12(11)15)18(2)9-13(19)17-14-16-7-8-20-14/h3-8,10H,9H2,1-2H3,(H,16,17,19). The second-order valence-corrected chi connectivity index (χ2v) is 5.39. The van der Waals surface area contributed by atoms with Crippen LogP contribution in [0.15, 0.2) is 35.8 Å². The van der Waals surface area contributed by atoms with Gasteiger partial charge in [0.2, 0.25) is 5.91 Å². The number of likely N-dealkylation sites (N-methyl/N-ethyl adjacent to an activating group) is 1. The summed E-state index contributed by atoms with van der Waals surface area (Å²) in [7, 11) is 1.79. The van der Waals surface area contributed by atoms with Crippen molar-refractivity contribution in [3.8, 4) is 0 Å². The summed E-state index contributed by atoms with van der Waals surface area (Å²) in [6.07, 6.45) is 1.63. The largest absolute Gasteiger partial charge is 0.301 e. The molecule has 0 fully saturated rings. The van der Waals surface area contributed by atoms with Gasteiger partial charge in [0.15, 0.2) is 5.13 Å². The highest BCUT2D eigenvalue weighted by Crippen LogP contribution is 2.21. The minimum atomic E-state index is -0.257. The molecule has 1 amide bonds. The molecule has 2 aromatic rings. The molecule has 0 radical (unpaired) electrons. The number of carbonyl (C=O) groups excluding carboxylic acids is 1. The van der Waals surface area contributed by atoms with Gasteiger partial charge in [-0.3, -0.25) is 9.69 Å². The first-order valence-corrected chi connectivity index (χ1v) is 7.10. The Balaban J connectivity index is 1.96. The Morgan fingerprint density at radius 2 is 2.25 bits per heavy atom. The van der Waals surface area contributed by atoms with Crippen LogP contribution < -0.4 is 5.32 Å². The number of rotatable bonds is 5. The first kappa shape index (κ1) is 14.6. The third kappa shape index (κ3) is 3.61. The van der Waals surface area contributed by atoms with Crippen LogP contribution in [0.2, 0.25) is 0 Å². The van der Waals surface area contributed by atoms with Crippen LogP contribution in [0.4, 0.5) is 9.52 Å². The number of thiazole rings is 1. The lowest BCUT2D eigenvalue weighted by atomic mass is 10.1. The first-order chi connectivity index (χ1) is 9.58. The molecule has 1 aromatic carbocycles. The molecular formula is C14H16FN3OS. The normalized spacial score (nSPS) is 12.4. The Hall–Kier alpha value is -1.79. The van der Waals surface area contributed by atoms with Crippen molar-refractivity contribution in [2.75, 3.05) is 18.9 Å². The summed E-state index contributed by atoms with van der Waals surface area (Å²) in [6, 6.07) is 6.42. The number of benzene rings is 1. The highest BCUT2D eigenvalue weighted by Gasteiger charge is 2.17. The van der Waals surface area contributed by atoms with Crippen LogP contribution in [0.5, 0.6) is 0 Å². The maximum atomic E-state index is 13.7. The zero-order chi connectivity index (χ0) is 14.5. The SMILES string of the molecule is CC(c1ccccc1F)N(C)CC(=O)Nc1nccs1. The molecule has 0 spiro atoms. The van der Waals surface area contributed by atoms with Crippen molar-refractivity contribution in [2.45, 2.75) is 13.0 Å². The summed E-state index contributed by atoms with van der Waals surface area (Å²) in [5.74, 6) is -0.419. The summed E-state index contributed by atoms with van der Waals surface area (Å²) in [5.41, 5.74) is 0.581. The minimum absolute atomic E-state index is 0.161. The summed E-state index contributed by atoms with van der Waals surface area (Å²) < 4.78 is 13.7. The number of amides is 1. The van der Waals surface area contributed by atoms with Crippen molar-refractivity contribution >= 4 is 22.4 Å². The quantitative estimate of drug-likeness (QED) is 0.922. The predicted molar refractivity (Wildman–Crippen MR) is 78.2 cm³/mol. The van der Waals surface area contributed by atoms with Crippen LogP contribution in [0.25, 0.3) is 0 Å². The Morgan fingerprint density at radius 1 is 1.50 bits per heavy atom. The lowest BCUT2D eigenvalue weighted by molar-refractivity contribution is -0.117. The molecule has 0 aliphatic rings. The van der Waals surface area contributed by atoms with Crippen molar-refractivity contribution in [2.24, 2.45) is 0 Å². The highest BCUT2D eigenvalue weighted by molar-refractivity contribution is 7.13. The average molecular weight is 293 g/mol. The van der Waals surface area contributed by atoms with Gasteiger partial charge < -0.3 is 5.32 Å². The van der Waals surface area contributed by atoms with E-state index in [1.54, 1.807) is 41.7 Å². The Bertz CT molecular complexity index is 574. The number of hydrogen-bond acceptors (Lipinski definition) is 4. The van der Waals surface area contributed by atoms with E-state index in [9.17, 15) is 9.18 Å². The van der Waals surface area contributed by atoms with Crippen LogP contribution in [0.1, 0.15) is 18.5 Å². The van der Waals surface area contributed by atoms with E-state index in [-0.39, 0.29) is 24.3 Å². The van der Waals surface area contributed by atoms with Crippen LogP contribution in [0.3, 0.4) is 0 Å². The number of hydrogen-bond donors (Lipinski definition) is 1. The van der Waals surface area contributed by atoms with Crippen molar-refractivity contribution in [1.29, 1.82) is 0 Å². The molecule has 0 saturated carbocycles. The van der Waals surface area contributed by atoms with Crippen molar-refractivity contribution in [3.05, 3.63) is 47.2 Å². The average Bonchev–Trinajstić information content (AvgIpc) is 2.91. The maximum Gasteiger partial charge on any atom is 0.240 e. The monoisotopic (exact) mass is 293 g/mol. The molecule has 1 heterocycles.